The van der Waals surface area contributed by atoms with E-state index in [0.717, 1.165) is 31.2 Å². The standard InChI is InChI=1S/C21H33F3N4O.HI/c1-3-10-28-11-9-19(14-28)13-27-20(25-4-2)26-12-17-5-7-18(8-6-17)15-29-16-21(22,23)24;/h5-8,19H,3-4,9-16H2,1-2H3,(H2,25,26,27);1H. The fourth-order valence-corrected chi connectivity index (χ4v) is 3.38. The SMILES string of the molecule is CCCN1CCC(CNC(=NCc2ccc(COCC(F)(F)F)cc2)NCC)C1.I. The fraction of sp³-hybridized carbons (Fsp3) is 0.667. The molecule has 0 amide bonds. The molecule has 0 spiro atoms. The number of aliphatic imine (C=N–C) groups is 1. The summed E-state index contributed by atoms with van der Waals surface area (Å²) in [5, 5.41) is 6.70. The van der Waals surface area contributed by atoms with E-state index in [4.69, 9.17) is 0 Å². The fourth-order valence-electron chi connectivity index (χ4n) is 3.38. The van der Waals surface area contributed by atoms with Crippen molar-refractivity contribution in [2.24, 2.45) is 10.9 Å². The molecule has 172 valence electrons. The van der Waals surface area contributed by atoms with Gasteiger partial charge < -0.3 is 20.3 Å². The Hall–Kier alpha value is -1.07. The van der Waals surface area contributed by atoms with Crippen LogP contribution in [0.25, 0.3) is 0 Å². The van der Waals surface area contributed by atoms with E-state index in [1.165, 1.54) is 25.9 Å². The Morgan fingerprint density at radius 3 is 2.50 bits per heavy atom. The van der Waals surface area contributed by atoms with Crippen molar-refractivity contribution in [3.8, 4) is 0 Å². The van der Waals surface area contributed by atoms with Crippen LogP contribution in [0, 0.1) is 5.92 Å². The molecule has 30 heavy (non-hydrogen) atoms. The third-order valence-electron chi connectivity index (χ3n) is 4.79. The van der Waals surface area contributed by atoms with Crippen molar-refractivity contribution in [1.82, 2.24) is 15.5 Å². The molecule has 0 radical (unpaired) electrons. The normalized spacial score (nSPS) is 17.6. The van der Waals surface area contributed by atoms with Crippen LogP contribution in [0.2, 0.25) is 0 Å². The van der Waals surface area contributed by atoms with E-state index in [0.29, 0.717) is 18.0 Å². The van der Waals surface area contributed by atoms with Crippen LogP contribution >= 0.6 is 24.0 Å². The number of likely N-dealkylation sites (tertiary alicyclic amines) is 1. The molecule has 1 saturated heterocycles. The summed E-state index contributed by atoms with van der Waals surface area (Å²) in [6.45, 7) is 8.64. The van der Waals surface area contributed by atoms with E-state index < -0.39 is 12.8 Å². The second-order valence-electron chi connectivity index (χ2n) is 7.46. The van der Waals surface area contributed by atoms with Crippen molar-refractivity contribution in [2.75, 3.05) is 39.3 Å². The predicted octanol–water partition coefficient (Wildman–Crippen LogP) is 4.17. The minimum Gasteiger partial charge on any atom is -0.367 e. The van der Waals surface area contributed by atoms with E-state index in [-0.39, 0.29) is 30.6 Å². The van der Waals surface area contributed by atoms with Gasteiger partial charge in [-0.05, 0) is 49.9 Å². The number of hydrogen-bond donors (Lipinski definition) is 2. The third kappa shape index (κ3) is 10.8. The maximum Gasteiger partial charge on any atom is 0.411 e. The number of nitrogens with zero attached hydrogens (tertiary/aromatic N) is 2. The zero-order chi connectivity index (χ0) is 21.1. The second-order valence-corrected chi connectivity index (χ2v) is 7.46. The number of ether oxygens (including phenoxy) is 1. The molecule has 1 atom stereocenters. The van der Waals surface area contributed by atoms with Crippen LogP contribution in [-0.2, 0) is 17.9 Å². The molecule has 1 aliphatic rings. The van der Waals surface area contributed by atoms with Gasteiger partial charge in [0, 0.05) is 19.6 Å². The van der Waals surface area contributed by atoms with Crippen LogP contribution in [0.15, 0.2) is 29.3 Å². The summed E-state index contributed by atoms with van der Waals surface area (Å²) in [4.78, 5) is 7.14. The molecule has 0 aliphatic carbocycles. The lowest BCUT2D eigenvalue weighted by Crippen LogP contribution is -2.40. The molecule has 1 heterocycles. The molecule has 1 aliphatic heterocycles. The van der Waals surface area contributed by atoms with Gasteiger partial charge in [0.2, 0.25) is 0 Å². The molecule has 2 N–H and O–H groups in total. The number of nitrogens with one attached hydrogen (secondary N) is 2. The molecule has 1 aromatic carbocycles. The van der Waals surface area contributed by atoms with Gasteiger partial charge in [-0.1, -0.05) is 31.2 Å². The van der Waals surface area contributed by atoms with Gasteiger partial charge in [0.05, 0.1) is 13.2 Å². The van der Waals surface area contributed by atoms with Gasteiger partial charge in [0.1, 0.15) is 6.61 Å². The lowest BCUT2D eigenvalue weighted by atomic mass is 10.1. The first-order chi connectivity index (χ1) is 13.9. The molecule has 9 heteroatoms. The van der Waals surface area contributed by atoms with Crippen molar-refractivity contribution in [2.45, 2.75) is 46.0 Å². The van der Waals surface area contributed by atoms with Gasteiger partial charge >= 0.3 is 6.18 Å². The minimum atomic E-state index is -4.29. The summed E-state index contributed by atoms with van der Waals surface area (Å²) >= 11 is 0. The van der Waals surface area contributed by atoms with Crippen LogP contribution in [0.3, 0.4) is 0 Å². The first-order valence-corrected chi connectivity index (χ1v) is 10.4. The number of alkyl halides is 3. The highest BCUT2D eigenvalue weighted by Gasteiger charge is 2.27. The smallest absolute Gasteiger partial charge is 0.367 e. The van der Waals surface area contributed by atoms with Gasteiger partial charge in [0.25, 0.3) is 0 Å². The highest BCUT2D eigenvalue weighted by Crippen LogP contribution is 2.16. The van der Waals surface area contributed by atoms with E-state index in [9.17, 15) is 13.2 Å². The van der Waals surface area contributed by atoms with Crippen LogP contribution in [0.5, 0.6) is 0 Å². The highest BCUT2D eigenvalue weighted by molar-refractivity contribution is 14.0. The van der Waals surface area contributed by atoms with Crippen LogP contribution in [0.1, 0.15) is 37.8 Å². The largest absolute Gasteiger partial charge is 0.411 e. The van der Waals surface area contributed by atoms with Gasteiger partial charge in [-0.2, -0.15) is 13.2 Å². The number of rotatable bonds is 10. The Morgan fingerprint density at radius 1 is 1.17 bits per heavy atom. The zero-order valence-corrected chi connectivity index (χ0v) is 20.1. The van der Waals surface area contributed by atoms with E-state index in [1.54, 1.807) is 12.1 Å². The summed E-state index contributed by atoms with van der Waals surface area (Å²) in [5.74, 6) is 1.43. The molecular weight excluding hydrogens is 508 g/mol. The third-order valence-corrected chi connectivity index (χ3v) is 4.79. The summed E-state index contributed by atoms with van der Waals surface area (Å²) in [5.41, 5.74) is 1.71. The van der Waals surface area contributed by atoms with Crippen LogP contribution in [0.4, 0.5) is 13.2 Å². The quantitative estimate of drug-likeness (QED) is 0.265. The molecule has 1 fully saturated rings. The first kappa shape index (κ1) is 27.0. The van der Waals surface area contributed by atoms with Gasteiger partial charge in [-0.15, -0.1) is 24.0 Å². The molecule has 0 aromatic heterocycles. The summed E-state index contributed by atoms with van der Waals surface area (Å²) in [7, 11) is 0. The summed E-state index contributed by atoms with van der Waals surface area (Å²) < 4.78 is 41.0. The first-order valence-electron chi connectivity index (χ1n) is 10.4. The highest BCUT2D eigenvalue weighted by atomic mass is 127. The van der Waals surface area contributed by atoms with E-state index >= 15 is 0 Å². The number of hydrogen-bond acceptors (Lipinski definition) is 3. The van der Waals surface area contributed by atoms with E-state index in [1.807, 2.05) is 19.1 Å². The number of benzene rings is 1. The Labute approximate surface area is 194 Å². The van der Waals surface area contributed by atoms with Gasteiger partial charge in [-0.3, -0.25) is 0 Å². The molecular formula is C21H34F3IN4O. The Morgan fingerprint density at radius 2 is 1.87 bits per heavy atom. The Bertz CT molecular complexity index is 626. The molecule has 0 saturated carbocycles. The monoisotopic (exact) mass is 542 g/mol. The van der Waals surface area contributed by atoms with Crippen molar-refractivity contribution in [3.05, 3.63) is 35.4 Å². The summed E-state index contributed by atoms with van der Waals surface area (Å²) in [6.07, 6.45) is -1.89. The number of guanidine groups is 1. The van der Waals surface area contributed by atoms with Crippen molar-refractivity contribution < 1.29 is 17.9 Å². The van der Waals surface area contributed by atoms with Gasteiger partial charge in [-0.25, -0.2) is 4.99 Å². The average Bonchev–Trinajstić information content (AvgIpc) is 3.12. The zero-order valence-electron chi connectivity index (χ0n) is 17.8. The van der Waals surface area contributed by atoms with Crippen molar-refractivity contribution >= 4 is 29.9 Å². The molecule has 0 bridgehead atoms. The maximum atomic E-state index is 12.1. The minimum absolute atomic E-state index is 0. The van der Waals surface area contributed by atoms with Crippen molar-refractivity contribution in [1.29, 1.82) is 0 Å². The molecule has 1 unspecified atom stereocenters. The average molecular weight is 542 g/mol. The van der Waals surface area contributed by atoms with E-state index in [2.05, 4.69) is 32.2 Å². The molecule has 5 nitrogen and oxygen atoms in total. The van der Waals surface area contributed by atoms with Crippen molar-refractivity contribution in [3.63, 3.8) is 0 Å². The molecule has 2 rings (SSSR count). The van der Waals surface area contributed by atoms with Gasteiger partial charge in [0.15, 0.2) is 5.96 Å². The number of halogens is 4. The van der Waals surface area contributed by atoms with Crippen LogP contribution in [-0.4, -0.2) is 56.4 Å². The topological polar surface area (TPSA) is 48.9 Å². The van der Waals surface area contributed by atoms with Crippen LogP contribution < -0.4 is 10.6 Å². The lowest BCUT2D eigenvalue weighted by Gasteiger charge is -2.17. The lowest BCUT2D eigenvalue weighted by molar-refractivity contribution is -0.176. The molecule has 1 aromatic rings. The Kier molecular flexibility index (Phi) is 12.7. The second kappa shape index (κ2) is 14.1. The Balaban J connectivity index is 0.00000450. The predicted molar refractivity (Wildman–Crippen MR) is 125 cm³/mol. The maximum absolute atomic E-state index is 12.1. The summed E-state index contributed by atoms with van der Waals surface area (Å²) in [6, 6.07) is 7.31.